The van der Waals surface area contributed by atoms with Gasteiger partial charge in [0.25, 0.3) is 11.7 Å². The summed E-state index contributed by atoms with van der Waals surface area (Å²) in [6.45, 7) is 10.6. The molecule has 0 aliphatic heterocycles. The van der Waals surface area contributed by atoms with Crippen LogP contribution in [0.15, 0.2) is 42.5 Å². The molecule has 0 spiro atoms. The maximum atomic E-state index is 12.9. The predicted octanol–water partition coefficient (Wildman–Crippen LogP) is 3.54. The Balaban J connectivity index is 1.67. The lowest BCUT2D eigenvalue weighted by Crippen LogP contribution is -2.17. The molecule has 0 saturated heterocycles. The molecule has 8 heteroatoms. The number of aromatic nitrogens is 6. The largest absolute Gasteiger partial charge is 0.304 e. The molecule has 3 heterocycles. The number of hydrogen-bond acceptors (Lipinski definition) is 5. The zero-order valence-electron chi connectivity index (χ0n) is 17.8. The summed E-state index contributed by atoms with van der Waals surface area (Å²) >= 11 is 0. The van der Waals surface area contributed by atoms with Crippen LogP contribution < -0.4 is 5.32 Å². The summed E-state index contributed by atoms with van der Waals surface area (Å²) in [6.07, 6.45) is 0. The number of hydrogen-bond donors (Lipinski definition) is 1. The highest BCUT2D eigenvalue weighted by Crippen LogP contribution is 2.25. The average molecular weight is 403 g/mol. The fourth-order valence-corrected chi connectivity index (χ4v) is 3.20. The number of amides is 1. The lowest BCUT2D eigenvalue weighted by molar-refractivity contribution is 0.101. The van der Waals surface area contributed by atoms with Crippen LogP contribution >= 0.6 is 0 Å². The summed E-state index contributed by atoms with van der Waals surface area (Å²) in [5, 5.41) is 12.0. The van der Waals surface area contributed by atoms with Crippen molar-refractivity contribution in [3.05, 3.63) is 70.9 Å². The molecule has 0 unspecified atom stereocenters. The van der Waals surface area contributed by atoms with Crippen LogP contribution in [0.1, 0.15) is 54.0 Å². The first-order valence-corrected chi connectivity index (χ1v) is 9.85. The molecule has 0 atom stereocenters. The van der Waals surface area contributed by atoms with Crippen LogP contribution in [0.25, 0.3) is 5.78 Å². The van der Waals surface area contributed by atoms with Crippen molar-refractivity contribution in [1.82, 2.24) is 29.4 Å². The van der Waals surface area contributed by atoms with Crippen molar-refractivity contribution in [1.29, 1.82) is 0 Å². The normalized spacial score (nSPS) is 11.8. The highest BCUT2D eigenvalue weighted by Gasteiger charge is 2.22. The van der Waals surface area contributed by atoms with Crippen molar-refractivity contribution in [2.24, 2.45) is 0 Å². The van der Waals surface area contributed by atoms with E-state index in [0.717, 1.165) is 22.6 Å². The smallest absolute Gasteiger partial charge is 0.296 e. The van der Waals surface area contributed by atoms with Gasteiger partial charge in [0, 0.05) is 22.9 Å². The van der Waals surface area contributed by atoms with Gasteiger partial charge in [0.2, 0.25) is 5.82 Å². The molecule has 4 rings (SSSR count). The zero-order valence-corrected chi connectivity index (χ0v) is 17.8. The molecule has 0 radical (unpaired) electrons. The number of nitrogens with zero attached hydrogens (tertiary/aromatic N) is 6. The number of nitrogens with one attached hydrogen (secondary N) is 1. The van der Waals surface area contributed by atoms with E-state index in [9.17, 15) is 4.79 Å². The van der Waals surface area contributed by atoms with E-state index < -0.39 is 5.91 Å². The van der Waals surface area contributed by atoms with E-state index in [-0.39, 0.29) is 11.2 Å². The van der Waals surface area contributed by atoms with E-state index in [2.05, 4.69) is 41.2 Å². The number of carbonyl (C=O) groups is 1. The Kier molecular flexibility index (Phi) is 4.85. The van der Waals surface area contributed by atoms with Gasteiger partial charge in [0.05, 0.1) is 12.2 Å². The Labute approximate surface area is 175 Å². The highest BCUT2D eigenvalue weighted by atomic mass is 16.2. The summed E-state index contributed by atoms with van der Waals surface area (Å²) < 4.78 is 3.38. The molecule has 30 heavy (non-hydrogen) atoms. The van der Waals surface area contributed by atoms with Crippen molar-refractivity contribution < 1.29 is 4.79 Å². The zero-order chi connectivity index (χ0) is 21.5. The lowest BCUT2D eigenvalue weighted by Gasteiger charge is -2.14. The van der Waals surface area contributed by atoms with Crippen LogP contribution in [0.3, 0.4) is 0 Å². The Hall–Kier alpha value is -3.55. The van der Waals surface area contributed by atoms with Crippen LogP contribution in [0.4, 0.5) is 5.82 Å². The topological polar surface area (TPSA) is 90.0 Å². The molecule has 0 fully saturated rings. The number of aryl methyl sites for hydroxylation is 2. The number of fused-ring (bicyclic) bond motifs is 1. The summed E-state index contributed by atoms with van der Waals surface area (Å²) in [5.41, 5.74) is 3.53. The summed E-state index contributed by atoms with van der Waals surface area (Å²) in [5.74, 6) is 0.688. The molecule has 154 valence electrons. The Morgan fingerprint density at radius 2 is 1.77 bits per heavy atom. The van der Waals surface area contributed by atoms with Gasteiger partial charge in [0.15, 0.2) is 0 Å². The number of carbonyl (C=O) groups excluding carboxylic acids is 1. The van der Waals surface area contributed by atoms with Gasteiger partial charge >= 0.3 is 0 Å². The molecule has 0 saturated carbocycles. The van der Waals surface area contributed by atoms with Crippen molar-refractivity contribution in [2.75, 3.05) is 5.32 Å². The second-order valence-electron chi connectivity index (χ2n) is 8.45. The fourth-order valence-electron chi connectivity index (χ4n) is 3.20. The van der Waals surface area contributed by atoms with Gasteiger partial charge in [0.1, 0.15) is 5.82 Å². The minimum atomic E-state index is -0.396. The van der Waals surface area contributed by atoms with Crippen LogP contribution in [-0.4, -0.2) is 35.3 Å². The monoisotopic (exact) mass is 403 g/mol. The maximum absolute atomic E-state index is 12.9. The summed E-state index contributed by atoms with van der Waals surface area (Å²) in [6, 6.07) is 13.8. The van der Waals surface area contributed by atoms with Gasteiger partial charge in [-0.15, -0.1) is 5.10 Å². The van der Waals surface area contributed by atoms with E-state index in [1.807, 2.05) is 56.3 Å². The average Bonchev–Trinajstić information content (AvgIpc) is 3.27. The minimum Gasteiger partial charge on any atom is -0.304 e. The van der Waals surface area contributed by atoms with Gasteiger partial charge in [-0.1, -0.05) is 51.1 Å². The van der Waals surface area contributed by atoms with Gasteiger partial charge < -0.3 is 5.32 Å². The van der Waals surface area contributed by atoms with Crippen LogP contribution in [0.2, 0.25) is 0 Å². The van der Waals surface area contributed by atoms with E-state index >= 15 is 0 Å². The third kappa shape index (κ3) is 3.94. The molecular weight excluding hydrogens is 378 g/mol. The van der Waals surface area contributed by atoms with E-state index in [4.69, 9.17) is 5.10 Å². The van der Waals surface area contributed by atoms with Crippen molar-refractivity contribution in [3.63, 3.8) is 0 Å². The molecule has 8 nitrogen and oxygen atoms in total. The Bertz CT molecular complexity index is 1220. The van der Waals surface area contributed by atoms with E-state index in [1.54, 1.807) is 9.20 Å². The van der Waals surface area contributed by atoms with Gasteiger partial charge in [-0.05, 0) is 25.5 Å². The van der Waals surface area contributed by atoms with Crippen molar-refractivity contribution >= 4 is 17.5 Å². The molecule has 0 aliphatic carbocycles. The van der Waals surface area contributed by atoms with Crippen molar-refractivity contribution in [2.45, 2.75) is 46.6 Å². The lowest BCUT2D eigenvalue weighted by atomic mass is 9.92. The van der Waals surface area contributed by atoms with E-state index in [0.29, 0.717) is 18.1 Å². The third-order valence-electron chi connectivity index (χ3n) is 4.79. The molecule has 1 amide bonds. The van der Waals surface area contributed by atoms with Crippen LogP contribution in [-0.2, 0) is 12.0 Å². The number of rotatable bonds is 4. The van der Waals surface area contributed by atoms with E-state index in [1.165, 1.54) is 0 Å². The molecule has 0 bridgehead atoms. The molecular formula is C22H25N7O. The van der Waals surface area contributed by atoms with Crippen LogP contribution in [0, 0.1) is 13.8 Å². The second kappa shape index (κ2) is 7.37. The standard InChI is InChI=1S/C22H25N7O/c1-14-11-15(2)29-21(23-14)25-19(27-29)20(30)24-18-12-17(22(3,4)5)26-28(18)13-16-9-7-6-8-10-16/h6-12H,13H2,1-5H3,(H,24,30). The van der Waals surface area contributed by atoms with Gasteiger partial charge in [-0.2, -0.15) is 10.1 Å². The summed E-state index contributed by atoms with van der Waals surface area (Å²) in [7, 11) is 0. The Morgan fingerprint density at radius 3 is 2.47 bits per heavy atom. The summed E-state index contributed by atoms with van der Waals surface area (Å²) in [4.78, 5) is 21.6. The highest BCUT2D eigenvalue weighted by molar-refractivity contribution is 6.01. The third-order valence-corrected chi connectivity index (χ3v) is 4.79. The molecule has 1 N–H and O–H groups in total. The fraction of sp³-hybridized carbons (Fsp3) is 0.318. The molecule has 4 aromatic rings. The predicted molar refractivity (Wildman–Crippen MR) is 115 cm³/mol. The first-order chi connectivity index (χ1) is 14.2. The minimum absolute atomic E-state index is 0.0703. The van der Waals surface area contributed by atoms with Gasteiger partial charge in [-0.3, -0.25) is 4.79 Å². The van der Waals surface area contributed by atoms with Gasteiger partial charge in [-0.25, -0.2) is 14.2 Å². The molecule has 0 aliphatic rings. The first kappa shape index (κ1) is 19.8. The Morgan fingerprint density at radius 1 is 1.03 bits per heavy atom. The quantitative estimate of drug-likeness (QED) is 0.563. The number of anilines is 1. The molecule has 1 aromatic carbocycles. The van der Waals surface area contributed by atoms with Crippen LogP contribution in [0.5, 0.6) is 0 Å². The SMILES string of the molecule is Cc1cc(C)n2nc(C(=O)Nc3cc(C(C)(C)C)nn3Cc3ccccc3)nc2n1. The molecule has 3 aromatic heterocycles. The van der Waals surface area contributed by atoms with Crippen molar-refractivity contribution in [3.8, 4) is 0 Å². The maximum Gasteiger partial charge on any atom is 0.296 e. The number of benzene rings is 1. The second-order valence-corrected chi connectivity index (χ2v) is 8.45. The first-order valence-electron chi connectivity index (χ1n) is 9.85.